The minimum atomic E-state index is -0.817. The monoisotopic (exact) mass is 379 g/mol. The number of aromatic amines is 1. The number of H-pyrrole nitrogens is 1. The molecule has 2 aromatic rings. The molecule has 0 fully saturated rings. The number of ether oxygens (including phenoxy) is 2. The van der Waals surface area contributed by atoms with Crippen molar-refractivity contribution >= 4 is 35.0 Å². The SMILES string of the molecule is COC(=O)C1=C(C(=O)OC)[C@H](c2ccccc2O)c2sc(=O)[nH]c2S1. The lowest BCUT2D eigenvalue weighted by atomic mass is 9.88. The van der Waals surface area contributed by atoms with Crippen molar-refractivity contribution in [1.82, 2.24) is 4.98 Å². The van der Waals surface area contributed by atoms with E-state index in [-0.39, 0.29) is 21.1 Å². The number of phenolic OH excluding ortho intramolecular Hbond substituents is 1. The number of thiazole rings is 1. The molecule has 0 unspecified atom stereocenters. The van der Waals surface area contributed by atoms with Crippen molar-refractivity contribution in [2.45, 2.75) is 10.9 Å². The predicted molar refractivity (Wildman–Crippen MR) is 91.8 cm³/mol. The number of rotatable bonds is 3. The van der Waals surface area contributed by atoms with Gasteiger partial charge in [0, 0.05) is 5.56 Å². The largest absolute Gasteiger partial charge is 0.508 e. The second-order valence-corrected chi connectivity index (χ2v) is 7.06. The van der Waals surface area contributed by atoms with Crippen LogP contribution in [-0.4, -0.2) is 36.2 Å². The first-order valence-corrected chi connectivity index (χ1v) is 8.70. The van der Waals surface area contributed by atoms with Gasteiger partial charge < -0.3 is 19.6 Å². The Hall–Kier alpha value is -2.52. The molecule has 0 radical (unpaired) electrons. The number of phenols is 1. The lowest BCUT2D eigenvalue weighted by Gasteiger charge is -2.26. The van der Waals surface area contributed by atoms with Crippen LogP contribution >= 0.6 is 23.1 Å². The van der Waals surface area contributed by atoms with Crippen molar-refractivity contribution < 1.29 is 24.2 Å². The first-order chi connectivity index (χ1) is 12.0. The summed E-state index contributed by atoms with van der Waals surface area (Å²) in [7, 11) is 2.40. The quantitative estimate of drug-likeness (QED) is 0.786. The zero-order chi connectivity index (χ0) is 18.1. The van der Waals surface area contributed by atoms with Crippen molar-refractivity contribution in [2.24, 2.45) is 0 Å². The second-order valence-electron chi connectivity index (χ2n) is 5.03. The molecule has 0 bridgehead atoms. The Kier molecular flexibility index (Phi) is 4.69. The summed E-state index contributed by atoms with van der Waals surface area (Å²) in [5.41, 5.74) is 0.421. The number of fused-ring (bicyclic) bond motifs is 1. The number of methoxy groups -OCH3 is 2. The number of hydrogen-bond acceptors (Lipinski definition) is 8. The van der Waals surface area contributed by atoms with E-state index in [0.717, 1.165) is 23.1 Å². The maximum Gasteiger partial charge on any atom is 0.345 e. The zero-order valence-corrected chi connectivity index (χ0v) is 14.8. The van der Waals surface area contributed by atoms with Crippen LogP contribution in [0.3, 0.4) is 0 Å². The van der Waals surface area contributed by atoms with E-state index in [1.54, 1.807) is 18.2 Å². The highest BCUT2D eigenvalue weighted by Gasteiger charge is 2.40. The Bertz CT molecular complexity index is 942. The van der Waals surface area contributed by atoms with E-state index in [1.807, 2.05) is 0 Å². The molecule has 0 saturated carbocycles. The predicted octanol–water partition coefficient (Wildman–Crippen LogP) is 1.98. The number of carbonyl (C=O) groups excluding carboxylic acids is 2. The first kappa shape index (κ1) is 17.3. The molecule has 3 rings (SSSR count). The van der Waals surface area contributed by atoms with Crippen LogP contribution in [0.2, 0.25) is 0 Å². The average molecular weight is 379 g/mol. The van der Waals surface area contributed by atoms with E-state index < -0.39 is 17.9 Å². The van der Waals surface area contributed by atoms with Crippen LogP contribution < -0.4 is 4.87 Å². The van der Waals surface area contributed by atoms with E-state index in [2.05, 4.69) is 4.98 Å². The van der Waals surface area contributed by atoms with Crippen molar-refractivity contribution in [1.29, 1.82) is 0 Å². The maximum atomic E-state index is 12.4. The van der Waals surface area contributed by atoms with Crippen LogP contribution in [0.5, 0.6) is 5.75 Å². The minimum absolute atomic E-state index is 0.0177. The van der Waals surface area contributed by atoms with Gasteiger partial charge >= 0.3 is 16.8 Å². The van der Waals surface area contributed by atoms with Crippen molar-refractivity contribution in [3.63, 3.8) is 0 Å². The van der Waals surface area contributed by atoms with Crippen LogP contribution in [0.15, 0.2) is 44.6 Å². The van der Waals surface area contributed by atoms with Gasteiger partial charge in [0.05, 0.1) is 35.6 Å². The van der Waals surface area contributed by atoms with Gasteiger partial charge in [-0.1, -0.05) is 41.3 Å². The van der Waals surface area contributed by atoms with Gasteiger partial charge in [-0.05, 0) is 6.07 Å². The minimum Gasteiger partial charge on any atom is -0.508 e. The van der Waals surface area contributed by atoms with Crippen molar-refractivity contribution in [3.8, 4) is 5.75 Å². The maximum absolute atomic E-state index is 12.4. The third kappa shape index (κ3) is 2.96. The molecule has 0 saturated heterocycles. The lowest BCUT2D eigenvalue weighted by molar-refractivity contribution is -0.139. The summed E-state index contributed by atoms with van der Waals surface area (Å²) in [6, 6.07) is 6.43. The third-order valence-electron chi connectivity index (χ3n) is 3.67. The number of para-hydroxylation sites is 1. The third-order valence-corrected chi connectivity index (χ3v) is 5.86. The van der Waals surface area contributed by atoms with Crippen LogP contribution in [0, 0.1) is 0 Å². The molecule has 7 nitrogen and oxygen atoms in total. The Labute approximate surface area is 150 Å². The summed E-state index contributed by atoms with van der Waals surface area (Å²) in [6.45, 7) is 0. The topological polar surface area (TPSA) is 106 Å². The van der Waals surface area contributed by atoms with Gasteiger partial charge in [-0.25, -0.2) is 9.59 Å². The summed E-state index contributed by atoms with van der Waals surface area (Å²) in [4.78, 5) is 39.4. The van der Waals surface area contributed by atoms with Crippen LogP contribution in [0.1, 0.15) is 16.4 Å². The molecule has 1 aromatic heterocycles. The normalized spacial score (nSPS) is 16.3. The van der Waals surface area contributed by atoms with Crippen molar-refractivity contribution in [2.75, 3.05) is 14.2 Å². The number of aromatic hydroxyl groups is 1. The molecule has 0 spiro atoms. The van der Waals surface area contributed by atoms with Gasteiger partial charge in [-0.2, -0.15) is 0 Å². The number of nitrogens with one attached hydrogen (secondary N) is 1. The van der Waals surface area contributed by atoms with E-state index in [1.165, 1.54) is 20.3 Å². The molecule has 1 aliphatic heterocycles. The Morgan fingerprint density at radius 3 is 2.48 bits per heavy atom. The Balaban J connectivity index is 2.33. The Morgan fingerprint density at radius 2 is 1.84 bits per heavy atom. The first-order valence-electron chi connectivity index (χ1n) is 7.07. The highest BCUT2D eigenvalue weighted by Crippen LogP contribution is 2.50. The molecule has 1 aliphatic rings. The molecule has 130 valence electrons. The molecular weight excluding hydrogens is 366 g/mol. The van der Waals surface area contributed by atoms with Crippen LogP contribution in [0.25, 0.3) is 0 Å². The smallest absolute Gasteiger partial charge is 0.345 e. The van der Waals surface area contributed by atoms with E-state index in [4.69, 9.17) is 9.47 Å². The number of benzene rings is 1. The fourth-order valence-corrected chi connectivity index (χ4v) is 4.82. The standard InChI is InChI=1S/C16H13NO6S2/c1-22-14(19)10-9(7-5-3-4-6-8(7)18)11-13(17-16(21)25-11)24-12(10)15(20)23-2/h3-6,9,18H,1-2H3,(H,17,21)/t9-/m0/s1. The van der Waals surface area contributed by atoms with Gasteiger partial charge in [0.25, 0.3) is 0 Å². The number of thioether (sulfide) groups is 1. The van der Waals surface area contributed by atoms with Gasteiger partial charge in [0.1, 0.15) is 10.7 Å². The molecule has 2 N–H and O–H groups in total. The number of aromatic nitrogens is 1. The van der Waals surface area contributed by atoms with E-state index >= 15 is 0 Å². The molecule has 2 heterocycles. The average Bonchev–Trinajstić information content (AvgIpc) is 2.99. The van der Waals surface area contributed by atoms with Gasteiger partial charge in [-0.3, -0.25) is 4.79 Å². The van der Waals surface area contributed by atoms with Gasteiger partial charge in [-0.15, -0.1) is 0 Å². The van der Waals surface area contributed by atoms with Gasteiger partial charge in [0.15, 0.2) is 0 Å². The molecule has 1 aromatic carbocycles. The number of carbonyl (C=O) groups is 2. The summed E-state index contributed by atoms with van der Waals surface area (Å²) in [6.07, 6.45) is 0. The van der Waals surface area contributed by atoms with Crippen LogP contribution in [-0.2, 0) is 19.1 Å². The highest BCUT2D eigenvalue weighted by molar-refractivity contribution is 8.04. The summed E-state index contributed by atoms with van der Waals surface area (Å²) >= 11 is 1.86. The van der Waals surface area contributed by atoms with Crippen molar-refractivity contribution in [3.05, 3.63) is 54.9 Å². The second kappa shape index (κ2) is 6.77. The molecule has 1 atom stereocenters. The molecule has 0 aliphatic carbocycles. The molecule has 25 heavy (non-hydrogen) atoms. The van der Waals surface area contributed by atoms with E-state index in [0.29, 0.717) is 15.5 Å². The summed E-state index contributed by atoms with van der Waals surface area (Å²) in [5, 5.41) is 10.7. The highest BCUT2D eigenvalue weighted by atomic mass is 32.2. The van der Waals surface area contributed by atoms with E-state index in [9.17, 15) is 19.5 Å². The lowest BCUT2D eigenvalue weighted by Crippen LogP contribution is -2.22. The summed E-state index contributed by atoms with van der Waals surface area (Å²) < 4.78 is 9.62. The molecule has 0 amide bonds. The number of esters is 2. The molecule has 9 heteroatoms. The Morgan fingerprint density at radius 1 is 1.16 bits per heavy atom. The fourth-order valence-electron chi connectivity index (χ4n) is 2.60. The zero-order valence-electron chi connectivity index (χ0n) is 13.2. The van der Waals surface area contributed by atoms with Gasteiger partial charge in [0.2, 0.25) is 0 Å². The fraction of sp³-hybridized carbons (Fsp3) is 0.188. The number of hydrogen-bond donors (Lipinski definition) is 2. The van der Waals surface area contributed by atoms with Crippen LogP contribution in [0.4, 0.5) is 0 Å². The molecular formula is C16H13NO6S2. The summed E-state index contributed by atoms with van der Waals surface area (Å²) in [5.74, 6) is -2.32.